The lowest BCUT2D eigenvalue weighted by Crippen LogP contribution is -2.51. The summed E-state index contributed by atoms with van der Waals surface area (Å²) in [5.74, 6) is 0.437. The van der Waals surface area contributed by atoms with Crippen LogP contribution in [0.15, 0.2) is 30.3 Å². The Balaban J connectivity index is 1.88. The summed E-state index contributed by atoms with van der Waals surface area (Å²) < 4.78 is 0. The number of carbonyl (C=O) groups is 2. The van der Waals surface area contributed by atoms with Gasteiger partial charge in [-0.05, 0) is 37.7 Å². The Morgan fingerprint density at radius 2 is 1.82 bits per heavy atom. The average Bonchev–Trinajstić information content (AvgIpc) is 3.31. The minimum Gasteiger partial charge on any atom is -0.347 e. The second-order valence-corrected chi connectivity index (χ2v) is 6.21. The van der Waals surface area contributed by atoms with E-state index in [-0.39, 0.29) is 18.0 Å². The quantitative estimate of drug-likeness (QED) is 0.841. The zero-order valence-corrected chi connectivity index (χ0v) is 13.5. The molecule has 1 aliphatic rings. The molecule has 0 heterocycles. The first-order chi connectivity index (χ1) is 10.5. The smallest absolute Gasteiger partial charge is 0.315 e. The molecule has 3 amide bonds. The van der Waals surface area contributed by atoms with E-state index in [1.807, 2.05) is 18.2 Å². The van der Waals surface area contributed by atoms with Gasteiger partial charge in [-0.1, -0.05) is 30.3 Å². The molecule has 0 unspecified atom stereocenters. The van der Waals surface area contributed by atoms with Gasteiger partial charge in [0.15, 0.2) is 0 Å². The van der Waals surface area contributed by atoms with E-state index in [2.05, 4.69) is 22.8 Å². The van der Waals surface area contributed by atoms with E-state index in [0.717, 1.165) is 19.3 Å². The number of hydrogen-bond acceptors (Lipinski definition) is 2. The first-order valence-electron chi connectivity index (χ1n) is 7.79. The monoisotopic (exact) mass is 303 g/mol. The number of nitrogens with one attached hydrogen (secondary N) is 2. The van der Waals surface area contributed by atoms with Crippen molar-refractivity contribution in [2.75, 3.05) is 14.1 Å². The van der Waals surface area contributed by atoms with Crippen LogP contribution < -0.4 is 10.6 Å². The summed E-state index contributed by atoms with van der Waals surface area (Å²) in [6.45, 7) is 1.70. The molecule has 5 nitrogen and oxygen atoms in total. The lowest BCUT2D eigenvalue weighted by molar-refractivity contribution is -0.130. The molecule has 0 radical (unpaired) electrons. The van der Waals surface area contributed by atoms with Gasteiger partial charge in [-0.25, -0.2) is 4.79 Å². The number of amides is 3. The summed E-state index contributed by atoms with van der Waals surface area (Å²) in [7, 11) is 3.36. The average molecular weight is 303 g/mol. The van der Waals surface area contributed by atoms with Gasteiger partial charge in [-0.2, -0.15) is 0 Å². The van der Waals surface area contributed by atoms with Crippen molar-refractivity contribution >= 4 is 11.9 Å². The minimum atomic E-state index is -0.522. The van der Waals surface area contributed by atoms with Gasteiger partial charge in [0.05, 0.1) is 0 Å². The van der Waals surface area contributed by atoms with Crippen LogP contribution >= 0.6 is 0 Å². The van der Waals surface area contributed by atoms with Crippen LogP contribution in [0.3, 0.4) is 0 Å². The van der Waals surface area contributed by atoms with E-state index in [9.17, 15) is 9.59 Å². The second kappa shape index (κ2) is 7.29. The predicted molar refractivity (Wildman–Crippen MR) is 86.5 cm³/mol. The number of nitrogens with zero attached hydrogens (tertiary/aromatic N) is 1. The molecule has 0 aromatic heterocycles. The SMILES string of the molecule is C[C@H](NC(=O)N[C@@H](Cc1ccccc1)C1CC1)C(=O)N(C)C. The first-order valence-corrected chi connectivity index (χ1v) is 7.79. The lowest BCUT2D eigenvalue weighted by Gasteiger charge is -2.22. The summed E-state index contributed by atoms with van der Waals surface area (Å²) in [5.41, 5.74) is 1.22. The molecule has 1 aliphatic carbocycles. The van der Waals surface area contributed by atoms with Crippen molar-refractivity contribution in [3.63, 3.8) is 0 Å². The highest BCUT2D eigenvalue weighted by Gasteiger charge is 2.32. The summed E-state index contributed by atoms with van der Waals surface area (Å²) in [6, 6.07) is 9.50. The summed E-state index contributed by atoms with van der Waals surface area (Å²) in [5, 5.41) is 5.75. The van der Waals surface area contributed by atoms with Gasteiger partial charge in [0.1, 0.15) is 6.04 Å². The van der Waals surface area contributed by atoms with Crippen LogP contribution in [0.4, 0.5) is 4.79 Å². The van der Waals surface area contributed by atoms with Crippen molar-refractivity contribution in [3.8, 4) is 0 Å². The van der Waals surface area contributed by atoms with Gasteiger partial charge in [-0.3, -0.25) is 4.79 Å². The molecule has 2 rings (SSSR count). The Labute approximate surface area is 132 Å². The number of carbonyl (C=O) groups excluding carboxylic acids is 2. The third-order valence-corrected chi connectivity index (χ3v) is 3.96. The van der Waals surface area contributed by atoms with E-state index < -0.39 is 6.04 Å². The first kappa shape index (κ1) is 16.3. The van der Waals surface area contributed by atoms with Gasteiger partial charge in [0, 0.05) is 20.1 Å². The Bertz CT molecular complexity index is 512. The molecule has 1 aromatic rings. The van der Waals surface area contributed by atoms with Crippen LogP contribution in [0.25, 0.3) is 0 Å². The Morgan fingerprint density at radius 1 is 1.18 bits per heavy atom. The highest BCUT2D eigenvalue weighted by molar-refractivity contribution is 5.86. The predicted octanol–water partition coefficient (Wildman–Crippen LogP) is 1.78. The third-order valence-electron chi connectivity index (χ3n) is 3.96. The van der Waals surface area contributed by atoms with Crippen molar-refractivity contribution in [3.05, 3.63) is 35.9 Å². The molecule has 5 heteroatoms. The van der Waals surface area contributed by atoms with Crippen molar-refractivity contribution in [2.24, 2.45) is 5.92 Å². The maximum Gasteiger partial charge on any atom is 0.315 e. The third kappa shape index (κ3) is 4.76. The zero-order valence-electron chi connectivity index (χ0n) is 13.5. The molecular weight excluding hydrogens is 278 g/mol. The van der Waals surface area contributed by atoms with E-state index in [1.165, 1.54) is 10.5 Å². The van der Waals surface area contributed by atoms with Crippen LogP contribution in [-0.4, -0.2) is 43.0 Å². The molecule has 0 spiro atoms. The molecule has 2 atom stereocenters. The standard InChI is InChI=1S/C17H25N3O2/c1-12(16(21)20(2)3)18-17(22)19-15(14-9-10-14)11-13-7-5-4-6-8-13/h4-8,12,14-15H,9-11H2,1-3H3,(H2,18,19,22)/t12-,15-/m0/s1. The number of urea groups is 1. The van der Waals surface area contributed by atoms with E-state index in [4.69, 9.17) is 0 Å². The summed E-state index contributed by atoms with van der Waals surface area (Å²) in [4.78, 5) is 25.4. The Morgan fingerprint density at radius 3 is 2.36 bits per heavy atom. The normalized spacial score (nSPS) is 16.5. The molecule has 22 heavy (non-hydrogen) atoms. The maximum absolute atomic E-state index is 12.1. The van der Waals surface area contributed by atoms with Crippen molar-refractivity contribution in [1.82, 2.24) is 15.5 Å². The van der Waals surface area contributed by atoms with Gasteiger partial charge < -0.3 is 15.5 Å². The maximum atomic E-state index is 12.1. The number of hydrogen-bond donors (Lipinski definition) is 2. The summed E-state index contributed by atoms with van der Waals surface area (Å²) >= 11 is 0. The number of rotatable bonds is 6. The van der Waals surface area contributed by atoms with Crippen LogP contribution in [0, 0.1) is 5.92 Å². The molecule has 1 aromatic carbocycles. The minimum absolute atomic E-state index is 0.110. The molecule has 0 aliphatic heterocycles. The largest absolute Gasteiger partial charge is 0.347 e. The second-order valence-electron chi connectivity index (χ2n) is 6.21. The van der Waals surface area contributed by atoms with Gasteiger partial charge in [0.2, 0.25) is 5.91 Å². The Hall–Kier alpha value is -2.04. The van der Waals surface area contributed by atoms with Crippen molar-refractivity contribution < 1.29 is 9.59 Å². The van der Waals surface area contributed by atoms with E-state index in [0.29, 0.717) is 5.92 Å². The molecule has 2 N–H and O–H groups in total. The van der Waals surface area contributed by atoms with E-state index >= 15 is 0 Å². The fourth-order valence-corrected chi connectivity index (χ4v) is 2.56. The molecule has 120 valence electrons. The van der Waals surface area contributed by atoms with Gasteiger partial charge in [-0.15, -0.1) is 0 Å². The molecule has 0 saturated heterocycles. The topological polar surface area (TPSA) is 61.4 Å². The fraction of sp³-hybridized carbons (Fsp3) is 0.529. The van der Waals surface area contributed by atoms with Gasteiger partial charge in [0.25, 0.3) is 0 Å². The fourth-order valence-electron chi connectivity index (χ4n) is 2.56. The zero-order chi connectivity index (χ0) is 16.1. The van der Waals surface area contributed by atoms with Crippen molar-refractivity contribution in [2.45, 2.75) is 38.3 Å². The lowest BCUT2D eigenvalue weighted by atomic mass is 10.0. The Kier molecular flexibility index (Phi) is 5.41. The van der Waals surface area contributed by atoms with E-state index in [1.54, 1.807) is 21.0 Å². The summed E-state index contributed by atoms with van der Waals surface area (Å²) in [6.07, 6.45) is 3.14. The molecule has 1 fully saturated rings. The molecule has 0 bridgehead atoms. The highest BCUT2D eigenvalue weighted by atomic mass is 16.2. The number of benzene rings is 1. The van der Waals surface area contributed by atoms with Crippen LogP contribution in [-0.2, 0) is 11.2 Å². The highest BCUT2D eigenvalue weighted by Crippen LogP contribution is 2.34. The molecular formula is C17H25N3O2. The van der Waals surface area contributed by atoms with Crippen molar-refractivity contribution in [1.29, 1.82) is 0 Å². The molecule has 1 saturated carbocycles. The van der Waals surface area contributed by atoms with Gasteiger partial charge >= 0.3 is 6.03 Å². The van der Waals surface area contributed by atoms with Crippen LogP contribution in [0.5, 0.6) is 0 Å². The number of likely N-dealkylation sites (N-methyl/N-ethyl adjacent to an activating group) is 1. The van der Waals surface area contributed by atoms with Crippen LogP contribution in [0.1, 0.15) is 25.3 Å². The van der Waals surface area contributed by atoms with Crippen LogP contribution in [0.2, 0.25) is 0 Å².